The number of aromatic nitrogens is 8. The maximum Gasteiger partial charge on any atom is 0.218 e. The van der Waals surface area contributed by atoms with Crippen LogP contribution in [0.4, 0.5) is 20.4 Å². The second-order valence-electron chi connectivity index (χ2n) is 23.1. The summed E-state index contributed by atoms with van der Waals surface area (Å²) >= 11 is 0. The largest absolute Gasteiger partial charge is 0.416 e. The fraction of sp³-hybridized carbons (Fsp3) is 0.673. The number of H-pyrrole nitrogens is 2. The molecular weight excluding hydrogens is 947 g/mol. The molecule has 70 heavy (non-hydrogen) atoms. The van der Waals surface area contributed by atoms with Crippen molar-refractivity contribution in [3.05, 3.63) is 72.1 Å². The summed E-state index contributed by atoms with van der Waals surface area (Å²) in [5, 5.41) is 29.9. The van der Waals surface area contributed by atoms with Gasteiger partial charge in [-0.2, -0.15) is 10.2 Å². The zero-order valence-electron chi connectivity index (χ0n) is 44.2. The van der Waals surface area contributed by atoms with Gasteiger partial charge in [-0.25, -0.2) is 28.7 Å². The number of alkyl halides is 2. The molecule has 2 aliphatic rings. The van der Waals surface area contributed by atoms with Crippen LogP contribution in [0, 0.1) is 11.8 Å². The van der Waals surface area contributed by atoms with E-state index < -0.39 is 61.6 Å². The average molecular weight is 1030 g/mol. The van der Waals surface area contributed by atoms with Crippen LogP contribution in [0.5, 0.6) is 0 Å². The Kier molecular flexibility index (Phi) is 18.4. The first kappa shape index (κ1) is 56.8. The van der Waals surface area contributed by atoms with Crippen molar-refractivity contribution >= 4 is 48.2 Å². The molecule has 0 radical (unpaired) electrons. The highest BCUT2D eigenvalue weighted by atomic mass is 28.4. The van der Waals surface area contributed by atoms with Gasteiger partial charge in [0.2, 0.25) is 19.9 Å². The molecule has 2 aliphatic carbocycles. The molecular formula is C49H80F2N10O6Si3. The van der Waals surface area contributed by atoms with Crippen LogP contribution in [0.2, 0.25) is 52.9 Å². The van der Waals surface area contributed by atoms with Crippen molar-refractivity contribution in [2.45, 2.75) is 185 Å². The molecule has 16 nitrogen and oxygen atoms in total. The minimum Gasteiger partial charge on any atom is -0.416 e. The van der Waals surface area contributed by atoms with E-state index >= 15 is 4.39 Å². The van der Waals surface area contributed by atoms with Crippen molar-refractivity contribution in [2.75, 3.05) is 23.8 Å². The number of ketones is 2. The molecule has 0 aliphatic heterocycles. The lowest BCUT2D eigenvalue weighted by Crippen LogP contribution is -2.53. The van der Waals surface area contributed by atoms with Gasteiger partial charge in [0.05, 0.1) is 35.4 Å². The number of carbonyl (C=O) groups is 2. The third kappa shape index (κ3) is 12.7. The summed E-state index contributed by atoms with van der Waals surface area (Å²) in [6.07, 6.45) is 4.97. The maximum absolute atomic E-state index is 16.6. The van der Waals surface area contributed by atoms with E-state index in [2.05, 4.69) is 160 Å². The Hall–Kier alpha value is -4.13. The molecule has 8 atom stereocenters. The van der Waals surface area contributed by atoms with Gasteiger partial charge in [0.15, 0.2) is 16.6 Å². The highest BCUT2D eigenvalue weighted by Gasteiger charge is 2.54. The second kappa shape index (κ2) is 22.7. The first-order valence-electron chi connectivity index (χ1n) is 24.7. The van der Waals surface area contributed by atoms with E-state index in [0.29, 0.717) is 48.5 Å². The molecule has 388 valence electrons. The van der Waals surface area contributed by atoms with Gasteiger partial charge in [0.1, 0.15) is 48.0 Å². The summed E-state index contributed by atoms with van der Waals surface area (Å²) in [7, 11) is -6.44. The third-order valence-electron chi connectivity index (χ3n) is 15.5. The lowest BCUT2D eigenvalue weighted by atomic mass is 10.1. The Morgan fingerprint density at radius 1 is 0.700 bits per heavy atom. The summed E-state index contributed by atoms with van der Waals surface area (Å²) in [6.45, 7) is 35.8. The number of carbonyl (C=O) groups excluding carboxylic acids is 2. The number of nitrogens with zero attached hydrogens (tertiary/aromatic N) is 6. The van der Waals surface area contributed by atoms with Crippen LogP contribution in [-0.4, -0.2) is 132 Å². The minimum absolute atomic E-state index is 0.0335. The Morgan fingerprint density at radius 3 is 1.49 bits per heavy atom. The summed E-state index contributed by atoms with van der Waals surface area (Å²) < 4.78 is 51.4. The standard InChI is InChI=1S/C29H50FN5O3Si2.C20H30FN5O3Si/c1-18(2)40(19(3)4,20(5)6)38-27-21(16-37-39(10,11)29(7,8)9)14-24(25(27)30)34-28-22(15-31-17-32-28)26(36)23-12-13-33-35-23;1-20(2,3)30(4,5)29-10-12-8-15(16(21)17(12)27)25-19-13(9-22-11-23-19)18(28)14-6-7-24-26-14/h12-13,15,17-21,24-25,27H,14,16H2,1-11H3,(H,33,35)(H,31,32,34);6-7,9,11-12,15-17,27H,8,10H2,1-5H3,(H,24,26)(H,22,23,25)/t21-,24-,25-,27-;12-,15-,16-,17-/m11/s1. The number of aliphatic hydroxyl groups excluding tert-OH is 1. The molecule has 2 fully saturated rings. The number of hydrogen-bond acceptors (Lipinski definition) is 14. The molecule has 5 N–H and O–H groups in total. The van der Waals surface area contributed by atoms with Crippen LogP contribution in [0.3, 0.4) is 0 Å². The summed E-state index contributed by atoms with van der Waals surface area (Å²) in [4.78, 5) is 42.2. The van der Waals surface area contributed by atoms with Gasteiger partial charge < -0.3 is 29.0 Å². The summed E-state index contributed by atoms with van der Waals surface area (Å²) in [5.41, 5.74) is 1.92. The fourth-order valence-corrected chi connectivity index (χ4v) is 17.0. The number of aliphatic hydroxyl groups is 1. The molecule has 0 unspecified atom stereocenters. The van der Waals surface area contributed by atoms with Crippen LogP contribution in [0.25, 0.3) is 0 Å². The van der Waals surface area contributed by atoms with E-state index in [-0.39, 0.29) is 61.8 Å². The molecule has 2 saturated carbocycles. The van der Waals surface area contributed by atoms with Gasteiger partial charge in [-0.1, -0.05) is 83.1 Å². The molecule has 4 heterocycles. The molecule has 4 aromatic heterocycles. The Balaban J connectivity index is 0.000000271. The van der Waals surface area contributed by atoms with Crippen LogP contribution in [-0.2, 0) is 13.3 Å². The second-order valence-corrected chi connectivity index (χ2v) is 38.1. The summed E-state index contributed by atoms with van der Waals surface area (Å²) in [5.74, 6) is -0.624. The van der Waals surface area contributed by atoms with E-state index in [1.54, 1.807) is 24.5 Å². The summed E-state index contributed by atoms with van der Waals surface area (Å²) in [6, 6.07) is 1.87. The van der Waals surface area contributed by atoms with Crippen molar-refractivity contribution in [3.8, 4) is 0 Å². The lowest BCUT2D eigenvalue weighted by Gasteiger charge is -2.45. The van der Waals surface area contributed by atoms with E-state index in [9.17, 15) is 19.1 Å². The van der Waals surface area contributed by atoms with E-state index in [0.717, 1.165) is 0 Å². The zero-order valence-corrected chi connectivity index (χ0v) is 47.2. The van der Waals surface area contributed by atoms with Crippen molar-refractivity contribution < 1.29 is 36.8 Å². The van der Waals surface area contributed by atoms with Crippen molar-refractivity contribution in [2.24, 2.45) is 11.8 Å². The monoisotopic (exact) mass is 1030 g/mol. The Labute approximate surface area is 416 Å². The predicted molar refractivity (Wildman–Crippen MR) is 277 cm³/mol. The Bertz CT molecular complexity index is 2290. The van der Waals surface area contributed by atoms with Gasteiger partial charge in [-0.3, -0.25) is 19.8 Å². The van der Waals surface area contributed by atoms with Crippen molar-refractivity contribution in [1.82, 2.24) is 40.3 Å². The number of aromatic amines is 2. The van der Waals surface area contributed by atoms with E-state index in [1.807, 2.05) is 0 Å². The molecule has 0 spiro atoms. The highest BCUT2D eigenvalue weighted by molar-refractivity contribution is 6.77. The smallest absolute Gasteiger partial charge is 0.218 e. The lowest BCUT2D eigenvalue weighted by molar-refractivity contribution is 0.0465. The van der Waals surface area contributed by atoms with Crippen molar-refractivity contribution in [1.29, 1.82) is 0 Å². The van der Waals surface area contributed by atoms with Crippen LogP contribution in [0.1, 0.15) is 128 Å². The minimum atomic E-state index is -2.38. The van der Waals surface area contributed by atoms with E-state index in [4.69, 9.17) is 13.3 Å². The van der Waals surface area contributed by atoms with Crippen LogP contribution >= 0.6 is 0 Å². The Morgan fingerprint density at radius 2 is 1.10 bits per heavy atom. The molecule has 4 aromatic rings. The van der Waals surface area contributed by atoms with Gasteiger partial charge in [-0.15, -0.1) is 0 Å². The first-order chi connectivity index (χ1) is 32.5. The van der Waals surface area contributed by atoms with Gasteiger partial charge >= 0.3 is 0 Å². The molecule has 0 amide bonds. The number of nitrogens with one attached hydrogen (secondary N) is 4. The van der Waals surface area contributed by atoms with E-state index in [1.165, 1.54) is 25.0 Å². The number of anilines is 2. The normalized spacial score (nSPS) is 23.5. The number of hydrogen-bond donors (Lipinski definition) is 5. The van der Waals surface area contributed by atoms with Crippen LogP contribution < -0.4 is 10.6 Å². The molecule has 0 saturated heterocycles. The number of halogens is 2. The maximum atomic E-state index is 16.6. The van der Waals surface area contributed by atoms with Gasteiger partial charge in [-0.05, 0) is 77.9 Å². The molecule has 21 heteroatoms. The molecule has 0 aromatic carbocycles. The molecule has 0 bridgehead atoms. The number of rotatable bonds is 19. The SMILES string of the molecule is CC(C)(C)[Si](C)(C)OC[C@H]1C[C@@H](Nc2ncncc2C(=O)c2cc[nH]n2)[C@@H](F)[C@@H]1O.CC(C)[Si](O[C@@H]1[C@@H](CO[Si](C)(C)C(C)(C)C)C[C@@H](Nc2ncncc2C(=O)c2cc[nH]n2)[C@H]1F)(C(C)C)C(C)C. The predicted octanol–water partition coefficient (Wildman–Crippen LogP) is 10.1. The topological polar surface area (TPSA) is 215 Å². The highest BCUT2D eigenvalue weighted by Crippen LogP contribution is 2.48. The van der Waals surface area contributed by atoms with Gasteiger partial charge in [0.25, 0.3) is 0 Å². The molecule has 6 rings (SSSR count). The quantitative estimate of drug-likeness (QED) is 0.0437. The van der Waals surface area contributed by atoms with Gasteiger partial charge in [0, 0.05) is 49.8 Å². The average Bonchev–Trinajstić information content (AvgIpc) is 4.11. The zero-order chi connectivity index (χ0) is 52.1. The first-order valence-corrected chi connectivity index (χ1v) is 32.6. The fourth-order valence-electron chi connectivity index (χ4n) is 9.27. The van der Waals surface area contributed by atoms with Crippen molar-refractivity contribution in [3.63, 3.8) is 0 Å². The third-order valence-corrected chi connectivity index (χ3v) is 30.6. The van der Waals surface area contributed by atoms with Crippen LogP contribution in [0.15, 0.2) is 49.6 Å².